The molecule has 1 atom stereocenters. The molecule has 1 unspecified atom stereocenters. The topological polar surface area (TPSA) is 84.5 Å². The Morgan fingerprint density at radius 1 is 1.33 bits per heavy atom. The second kappa shape index (κ2) is 6.70. The number of benzene rings is 1. The second-order valence-electron chi connectivity index (χ2n) is 7.33. The molecule has 1 aliphatic heterocycles. The zero-order valence-electron chi connectivity index (χ0n) is 16.0. The van der Waals surface area contributed by atoms with Gasteiger partial charge in [-0.15, -0.1) is 0 Å². The lowest BCUT2D eigenvalue weighted by Crippen LogP contribution is -2.41. The maximum absolute atomic E-state index is 12.1. The second-order valence-corrected chi connectivity index (χ2v) is 7.33. The number of hydrogen-bond acceptors (Lipinski definition) is 4. The number of imidazole rings is 1. The van der Waals surface area contributed by atoms with Gasteiger partial charge >= 0.3 is 0 Å². The van der Waals surface area contributed by atoms with Gasteiger partial charge in [-0.2, -0.15) is 0 Å². The monoisotopic (exact) mass is 363 g/mol. The summed E-state index contributed by atoms with van der Waals surface area (Å²) in [6.45, 7) is 7.68. The SMILES string of the molecule is Cc1ccccc1CNC1CNc2c(c(C(N)=O)cn3c(C)c(C)nc23)C1. The molecule has 4 N–H and O–H groups in total. The first-order valence-electron chi connectivity index (χ1n) is 9.28. The molecular weight excluding hydrogens is 338 g/mol. The molecule has 2 aromatic heterocycles. The molecule has 6 heteroatoms. The van der Waals surface area contributed by atoms with Crippen molar-refractivity contribution in [3.05, 3.63) is 64.1 Å². The summed E-state index contributed by atoms with van der Waals surface area (Å²) in [5.41, 5.74) is 13.5. The van der Waals surface area contributed by atoms with E-state index in [0.29, 0.717) is 5.56 Å². The number of rotatable bonds is 4. The fourth-order valence-electron chi connectivity index (χ4n) is 3.80. The largest absolute Gasteiger partial charge is 0.380 e. The van der Waals surface area contributed by atoms with Gasteiger partial charge in [0.2, 0.25) is 0 Å². The maximum atomic E-state index is 12.1. The first kappa shape index (κ1) is 17.5. The van der Waals surface area contributed by atoms with Crippen molar-refractivity contribution in [2.24, 2.45) is 5.73 Å². The number of aryl methyl sites for hydroxylation is 3. The van der Waals surface area contributed by atoms with Crippen LogP contribution >= 0.6 is 0 Å². The molecule has 1 aliphatic rings. The van der Waals surface area contributed by atoms with E-state index in [0.717, 1.165) is 47.8 Å². The summed E-state index contributed by atoms with van der Waals surface area (Å²) in [4.78, 5) is 16.8. The van der Waals surface area contributed by atoms with E-state index in [1.54, 1.807) is 0 Å². The van der Waals surface area contributed by atoms with Crippen molar-refractivity contribution >= 4 is 17.2 Å². The summed E-state index contributed by atoms with van der Waals surface area (Å²) in [7, 11) is 0. The van der Waals surface area contributed by atoms with E-state index < -0.39 is 5.91 Å². The Bertz CT molecular complexity index is 1040. The van der Waals surface area contributed by atoms with Crippen LogP contribution in [0.5, 0.6) is 0 Å². The van der Waals surface area contributed by atoms with Crippen molar-refractivity contribution in [3.8, 4) is 0 Å². The summed E-state index contributed by atoms with van der Waals surface area (Å²) in [6, 6.07) is 8.59. The number of nitrogens with zero attached hydrogens (tertiary/aromatic N) is 2. The molecule has 4 rings (SSSR count). The highest BCUT2D eigenvalue weighted by molar-refractivity contribution is 5.97. The number of fused-ring (bicyclic) bond motifs is 3. The minimum Gasteiger partial charge on any atom is -0.380 e. The summed E-state index contributed by atoms with van der Waals surface area (Å²) < 4.78 is 1.96. The Labute approximate surface area is 158 Å². The van der Waals surface area contributed by atoms with Gasteiger partial charge in [0.1, 0.15) is 0 Å². The molecule has 0 saturated heterocycles. The van der Waals surface area contributed by atoms with Gasteiger partial charge in [0, 0.05) is 31.0 Å². The molecule has 3 heterocycles. The fourth-order valence-corrected chi connectivity index (χ4v) is 3.80. The average Bonchev–Trinajstić information content (AvgIpc) is 2.94. The molecule has 0 spiro atoms. The quantitative estimate of drug-likeness (QED) is 0.665. The van der Waals surface area contributed by atoms with Crippen LogP contribution in [0.25, 0.3) is 5.65 Å². The van der Waals surface area contributed by atoms with Crippen molar-refractivity contribution < 1.29 is 4.79 Å². The number of aromatic nitrogens is 2. The van der Waals surface area contributed by atoms with Gasteiger partial charge < -0.3 is 20.8 Å². The molecule has 3 aromatic rings. The van der Waals surface area contributed by atoms with Crippen molar-refractivity contribution in [2.75, 3.05) is 11.9 Å². The third kappa shape index (κ3) is 3.06. The van der Waals surface area contributed by atoms with Crippen LogP contribution in [0.3, 0.4) is 0 Å². The number of primary amides is 1. The van der Waals surface area contributed by atoms with Gasteiger partial charge in [-0.3, -0.25) is 4.79 Å². The first-order valence-corrected chi connectivity index (χ1v) is 9.28. The highest BCUT2D eigenvalue weighted by atomic mass is 16.1. The van der Waals surface area contributed by atoms with E-state index in [1.165, 1.54) is 11.1 Å². The van der Waals surface area contributed by atoms with Gasteiger partial charge in [0.05, 0.1) is 16.9 Å². The summed E-state index contributed by atoms with van der Waals surface area (Å²) in [5.74, 6) is -0.403. The summed E-state index contributed by atoms with van der Waals surface area (Å²) in [6.07, 6.45) is 2.57. The standard InChI is InChI=1S/C21H25N5O/c1-12-6-4-5-7-15(12)9-23-16-8-17-18(20(22)27)11-26-14(3)13(2)25-21(26)19(17)24-10-16/h4-7,11,16,23-24H,8-10H2,1-3H3,(H2,22,27). The molecular formula is C21H25N5O. The summed E-state index contributed by atoms with van der Waals surface area (Å²) in [5, 5.41) is 7.10. The van der Waals surface area contributed by atoms with Crippen LogP contribution in [0.15, 0.2) is 30.5 Å². The van der Waals surface area contributed by atoms with Crippen LogP contribution in [-0.4, -0.2) is 27.9 Å². The van der Waals surface area contributed by atoms with E-state index in [4.69, 9.17) is 5.73 Å². The highest BCUT2D eigenvalue weighted by Gasteiger charge is 2.26. The van der Waals surface area contributed by atoms with Gasteiger partial charge in [-0.1, -0.05) is 24.3 Å². The van der Waals surface area contributed by atoms with Crippen LogP contribution in [0.4, 0.5) is 5.69 Å². The van der Waals surface area contributed by atoms with Crippen LogP contribution in [0.1, 0.15) is 38.4 Å². The smallest absolute Gasteiger partial charge is 0.250 e. The lowest BCUT2D eigenvalue weighted by atomic mass is 9.95. The predicted molar refractivity (Wildman–Crippen MR) is 107 cm³/mol. The minimum atomic E-state index is -0.403. The molecule has 0 bridgehead atoms. The zero-order chi connectivity index (χ0) is 19.1. The van der Waals surface area contributed by atoms with Crippen molar-refractivity contribution in [3.63, 3.8) is 0 Å². The highest BCUT2D eigenvalue weighted by Crippen LogP contribution is 2.31. The van der Waals surface area contributed by atoms with E-state index in [1.807, 2.05) is 24.4 Å². The number of carbonyl (C=O) groups is 1. The number of nitrogens with one attached hydrogen (secondary N) is 2. The molecule has 0 aliphatic carbocycles. The van der Waals surface area contributed by atoms with Crippen LogP contribution in [-0.2, 0) is 13.0 Å². The van der Waals surface area contributed by atoms with Crippen LogP contribution < -0.4 is 16.4 Å². The Hall–Kier alpha value is -2.86. The van der Waals surface area contributed by atoms with Crippen LogP contribution in [0.2, 0.25) is 0 Å². The molecule has 6 nitrogen and oxygen atoms in total. The van der Waals surface area contributed by atoms with Crippen molar-refractivity contribution in [2.45, 2.75) is 39.8 Å². The van der Waals surface area contributed by atoms with Gasteiger partial charge in [-0.05, 0) is 43.9 Å². The van der Waals surface area contributed by atoms with Crippen LogP contribution in [0, 0.1) is 20.8 Å². The molecule has 1 aromatic carbocycles. The lowest BCUT2D eigenvalue weighted by molar-refractivity contribution is 0.0999. The Morgan fingerprint density at radius 3 is 2.85 bits per heavy atom. The van der Waals surface area contributed by atoms with Crippen molar-refractivity contribution in [1.82, 2.24) is 14.7 Å². The number of amides is 1. The normalized spacial score (nSPS) is 16.2. The van der Waals surface area contributed by atoms with Crippen molar-refractivity contribution in [1.29, 1.82) is 0 Å². The maximum Gasteiger partial charge on any atom is 0.250 e. The molecule has 0 fully saturated rings. The molecule has 140 valence electrons. The zero-order valence-corrected chi connectivity index (χ0v) is 16.0. The van der Waals surface area contributed by atoms with Gasteiger partial charge in [0.15, 0.2) is 5.65 Å². The number of anilines is 1. The molecule has 0 saturated carbocycles. The number of nitrogens with two attached hydrogens (primary N) is 1. The Morgan fingerprint density at radius 2 is 2.11 bits per heavy atom. The third-order valence-electron chi connectivity index (χ3n) is 5.58. The number of carbonyl (C=O) groups excluding carboxylic acids is 1. The first-order chi connectivity index (χ1) is 13.0. The average molecular weight is 363 g/mol. The Balaban J connectivity index is 1.65. The predicted octanol–water partition coefficient (Wildman–Crippen LogP) is 2.48. The number of pyridine rings is 1. The summed E-state index contributed by atoms with van der Waals surface area (Å²) >= 11 is 0. The van der Waals surface area contributed by atoms with Gasteiger partial charge in [0.25, 0.3) is 5.91 Å². The number of hydrogen-bond donors (Lipinski definition) is 3. The minimum absolute atomic E-state index is 0.217. The fraction of sp³-hybridized carbons (Fsp3) is 0.333. The molecule has 0 radical (unpaired) electrons. The van der Waals surface area contributed by atoms with E-state index >= 15 is 0 Å². The Kier molecular flexibility index (Phi) is 4.36. The van der Waals surface area contributed by atoms with Gasteiger partial charge in [-0.25, -0.2) is 4.98 Å². The van der Waals surface area contributed by atoms with E-state index in [-0.39, 0.29) is 6.04 Å². The van der Waals surface area contributed by atoms with E-state index in [9.17, 15) is 4.79 Å². The lowest BCUT2D eigenvalue weighted by Gasteiger charge is -2.29. The molecule has 1 amide bonds. The van der Waals surface area contributed by atoms with E-state index in [2.05, 4.69) is 46.8 Å². The third-order valence-corrected chi connectivity index (χ3v) is 5.58. The molecule has 27 heavy (non-hydrogen) atoms.